The molecular formula is C23H30N2O4. The maximum atomic E-state index is 13.0. The number of hydrogen-bond donors (Lipinski definition) is 2. The molecule has 0 aliphatic rings. The Bertz CT molecular complexity index is 869. The fourth-order valence-electron chi connectivity index (χ4n) is 2.55. The van der Waals surface area contributed by atoms with Crippen LogP contribution in [0.4, 0.5) is 10.5 Å². The molecule has 2 aromatic rings. The van der Waals surface area contributed by atoms with Gasteiger partial charge in [-0.05, 0) is 56.5 Å². The zero-order valence-electron chi connectivity index (χ0n) is 17.7. The van der Waals surface area contributed by atoms with Crippen LogP contribution in [0.25, 0.3) is 0 Å². The Hall–Kier alpha value is -3.02. The van der Waals surface area contributed by atoms with E-state index in [9.17, 15) is 9.59 Å². The van der Waals surface area contributed by atoms with Crippen molar-refractivity contribution in [3.05, 3.63) is 59.2 Å². The number of nitrogen functional groups attached to an aromatic ring is 1. The van der Waals surface area contributed by atoms with Gasteiger partial charge < -0.3 is 20.5 Å². The minimum absolute atomic E-state index is 0.198. The van der Waals surface area contributed by atoms with E-state index in [1.807, 2.05) is 6.07 Å². The standard InChI is InChI=1S/C23H30N2O4/c1-15(2)14-28-18-9-10-20(24)19(12-18)21(26)17-8-6-7-16(11-17)13-25-22(27)29-23(3,4)5/h6-12,15H,13-14,24H2,1-5H3,(H,25,27). The highest BCUT2D eigenvalue weighted by molar-refractivity contribution is 6.12. The van der Waals surface area contributed by atoms with Gasteiger partial charge in [0, 0.05) is 23.4 Å². The van der Waals surface area contributed by atoms with Gasteiger partial charge in [0.1, 0.15) is 11.4 Å². The molecule has 1 amide bonds. The summed E-state index contributed by atoms with van der Waals surface area (Å²) in [6.45, 7) is 10.3. The van der Waals surface area contributed by atoms with Crippen molar-refractivity contribution in [1.29, 1.82) is 0 Å². The van der Waals surface area contributed by atoms with E-state index in [4.69, 9.17) is 15.2 Å². The Kier molecular flexibility index (Phi) is 7.26. The summed E-state index contributed by atoms with van der Waals surface area (Å²) < 4.78 is 10.9. The number of anilines is 1. The number of nitrogens with two attached hydrogens (primary N) is 1. The molecule has 0 fully saturated rings. The Morgan fingerprint density at radius 2 is 1.83 bits per heavy atom. The number of alkyl carbamates (subject to hydrolysis) is 1. The zero-order valence-corrected chi connectivity index (χ0v) is 17.7. The topological polar surface area (TPSA) is 90.6 Å². The molecule has 6 heteroatoms. The summed E-state index contributed by atoms with van der Waals surface area (Å²) >= 11 is 0. The van der Waals surface area contributed by atoms with Crippen LogP contribution in [0, 0.1) is 5.92 Å². The first-order chi connectivity index (χ1) is 13.5. The molecule has 0 atom stereocenters. The largest absolute Gasteiger partial charge is 0.493 e. The van der Waals surface area contributed by atoms with Gasteiger partial charge in [0.15, 0.2) is 5.78 Å². The average molecular weight is 399 g/mol. The van der Waals surface area contributed by atoms with Crippen LogP contribution in [-0.2, 0) is 11.3 Å². The lowest BCUT2D eigenvalue weighted by Gasteiger charge is -2.19. The first-order valence-corrected chi connectivity index (χ1v) is 9.68. The highest BCUT2D eigenvalue weighted by Gasteiger charge is 2.17. The van der Waals surface area contributed by atoms with Crippen molar-refractivity contribution >= 4 is 17.6 Å². The lowest BCUT2D eigenvalue weighted by Crippen LogP contribution is -2.32. The van der Waals surface area contributed by atoms with E-state index in [0.717, 1.165) is 5.56 Å². The fraction of sp³-hybridized carbons (Fsp3) is 0.391. The summed E-state index contributed by atoms with van der Waals surface area (Å²) in [6, 6.07) is 12.2. The molecule has 0 saturated heterocycles. The monoisotopic (exact) mass is 398 g/mol. The predicted octanol–water partition coefficient (Wildman–Crippen LogP) is 4.56. The van der Waals surface area contributed by atoms with Crippen molar-refractivity contribution in [2.24, 2.45) is 5.92 Å². The number of nitrogens with one attached hydrogen (secondary N) is 1. The molecule has 0 saturated carbocycles. The summed E-state index contributed by atoms with van der Waals surface area (Å²) in [5, 5.41) is 2.69. The van der Waals surface area contributed by atoms with E-state index >= 15 is 0 Å². The van der Waals surface area contributed by atoms with Crippen molar-refractivity contribution in [2.75, 3.05) is 12.3 Å². The van der Waals surface area contributed by atoms with Crippen molar-refractivity contribution < 1.29 is 19.1 Å². The summed E-state index contributed by atoms with van der Waals surface area (Å²) in [4.78, 5) is 24.8. The van der Waals surface area contributed by atoms with E-state index in [0.29, 0.717) is 35.1 Å². The second-order valence-corrected chi connectivity index (χ2v) is 8.34. The molecule has 2 rings (SSSR count). The molecule has 0 radical (unpaired) electrons. The molecule has 0 aromatic heterocycles. The third kappa shape index (κ3) is 7.14. The van der Waals surface area contributed by atoms with Crippen LogP contribution < -0.4 is 15.8 Å². The first kappa shape index (κ1) is 22.3. The van der Waals surface area contributed by atoms with Gasteiger partial charge in [0.05, 0.1) is 6.61 Å². The fourth-order valence-corrected chi connectivity index (χ4v) is 2.55. The maximum Gasteiger partial charge on any atom is 0.407 e. The van der Waals surface area contributed by atoms with E-state index < -0.39 is 11.7 Å². The maximum absolute atomic E-state index is 13.0. The van der Waals surface area contributed by atoms with Crippen LogP contribution in [0.3, 0.4) is 0 Å². The van der Waals surface area contributed by atoms with Crippen LogP contribution in [0.15, 0.2) is 42.5 Å². The second-order valence-electron chi connectivity index (χ2n) is 8.34. The van der Waals surface area contributed by atoms with Crippen molar-refractivity contribution in [1.82, 2.24) is 5.32 Å². The van der Waals surface area contributed by atoms with E-state index in [1.54, 1.807) is 57.2 Å². The lowest BCUT2D eigenvalue weighted by atomic mass is 9.99. The number of amides is 1. The minimum Gasteiger partial charge on any atom is -0.493 e. The van der Waals surface area contributed by atoms with Gasteiger partial charge in [0.2, 0.25) is 0 Å². The van der Waals surface area contributed by atoms with E-state index in [1.165, 1.54) is 0 Å². The van der Waals surface area contributed by atoms with Gasteiger partial charge in [-0.15, -0.1) is 0 Å². The van der Waals surface area contributed by atoms with Gasteiger partial charge in [0.25, 0.3) is 0 Å². The number of hydrogen-bond acceptors (Lipinski definition) is 5. The Morgan fingerprint density at radius 1 is 1.10 bits per heavy atom. The molecule has 0 aliphatic carbocycles. The molecule has 0 heterocycles. The van der Waals surface area contributed by atoms with Crippen LogP contribution >= 0.6 is 0 Å². The average Bonchev–Trinajstić information content (AvgIpc) is 2.64. The molecule has 2 aromatic carbocycles. The number of carbonyl (C=O) groups excluding carboxylic acids is 2. The van der Waals surface area contributed by atoms with Gasteiger partial charge in [-0.25, -0.2) is 4.79 Å². The SMILES string of the molecule is CC(C)COc1ccc(N)c(C(=O)c2cccc(CNC(=O)OC(C)(C)C)c2)c1. The molecule has 29 heavy (non-hydrogen) atoms. The molecule has 0 aliphatic heterocycles. The number of ketones is 1. The van der Waals surface area contributed by atoms with Gasteiger partial charge in [-0.1, -0.05) is 32.0 Å². The molecule has 156 valence electrons. The number of ether oxygens (including phenoxy) is 2. The van der Waals surface area contributed by atoms with Crippen molar-refractivity contribution in [3.8, 4) is 5.75 Å². The van der Waals surface area contributed by atoms with Crippen molar-refractivity contribution in [2.45, 2.75) is 46.8 Å². The van der Waals surface area contributed by atoms with E-state index in [-0.39, 0.29) is 12.3 Å². The number of carbonyl (C=O) groups is 2. The third-order valence-corrected chi connectivity index (χ3v) is 3.88. The Balaban J connectivity index is 2.13. The Labute approximate surface area is 172 Å². The molecule has 6 nitrogen and oxygen atoms in total. The molecule has 0 spiro atoms. The van der Waals surface area contributed by atoms with Crippen molar-refractivity contribution in [3.63, 3.8) is 0 Å². The lowest BCUT2D eigenvalue weighted by molar-refractivity contribution is 0.0523. The highest BCUT2D eigenvalue weighted by atomic mass is 16.6. The van der Waals surface area contributed by atoms with Crippen LogP contribution in [0.1, 0.15) is 56.1 Å². The van der Waals surface area contributed by atoms with E-state index in [2.05, 4.69) is 19.2 Å². The highest BCUT2D eigenvalue weighted by Crippen LogP contribution is 2.23. The molecule has 0 bridgehead atoms. The van der Waals surface area contributed by atoms with Crippen LogP contribution in [0.5, 0.6) is 5.75 Å². The van der Waals surface area contributed by atoms with Gasteiger partial charge in [-0.3, -0.25) is 4.79 Å². The van der Waals surface area contributed by atoms with Gasteiger partial charge in [-0.2, -0.15) is 0 Å². The number of rotatable bonds is 7. The summed E-state index contributed by atoms with van der Waals surface area (Å²) in [7, 11) is 0. The smallest absolute Gasteiger partial charge is 0.407 e. The van der Waals surface area contributed by atoms with Gasteiger partial charge >= 0.3 is 6.09 Å². The van der Waals surface area contributed by atoms with Crippen LogP contribution in [-0.4, -0.2) is 24.1 Å². The normalized spacial score (nSPS) is 11.2. The first-order valence-electron chi connectivity index (χ1n) is 9.68. The van der Waals surface area contributed by atoms with Crippen LogP contribution in [0.2, 0.25) is 0 Å². The summed E-state index contributed by atoms with van der Waals surface area (Å²) in [6.07, 6.45) is -0.506. The quantitative estimate of drug-likeness (QED) is 0.527. The third-order valence-electron chi connectivity index (χ3n) is 3.88. The molecule has 0 unspecified atom stereocenters. The Morgan fingerprint density at radius 3 is 2.48 bits per heavy atom. The molecule has 3 N–H and O–H groups in total. The molecular weight excluding hydrogens is 368 g/mol. The number of benzene rings is 2. The summed E-state index contributed by atoms with van der Waals surface area (Å²) in [5.74, 6) is 0.788. The second kappa shape index (κ2) is 9.45. The summed E-state index contributed by atoms with van der Waals surface area (Å²) in [5.41, 5.74) is 7.52. The zero-order chi connectivity index (χ0) is 21.6. The minimum atomic E-state index is -0.567. The predicted molar refractivity (Wildman–Crippen MR) is 114 cm³/mol.